The van der Waals surface area contributed by atoms with Crippen LogP contribution < -0.4 is 5.32 Å². The van der Waals surface area contributed by atoms with Gasteiger partial charge in [0.25, 0.3) is 0 Å². The number of rotatable bonds is 0. The van der Waals surface area contributed by atoms with Crippen LogP contribution in [0.3, 0.4) is 0 Å². The molecule has 50 valence electrons. The number of hydrogen-bond acceptors (Lipinski definition) is 2. The van der Waals surface area contributed by atoms with Gasteiger partial charge in [-0.25, -0.2) is 0 Å². The van der Waals surface area contributed by atoms with E-state index in [1.807, 2.05) is 0 Å². The number of hydrogen-bond donors (Lipinski definition) is 1. The van der Waals surface area contributed by atoms with Crippen LogP contribution in [0.4, 0.5) is 0 Å². The van der Waals surface area contributed by atoms with E-state index in [-0.39, 0.29) is 11.4 Å². The Hall–Kier alpha value is -0.570. The molecule has 0 aliphatic carbocycles. The van der Waals surface area contributed by atoms with Crippen LogP contribution in [0.2, 0.25) is 0 Å². The van der Waals surface area contributed by atoms with Crippen molar-refractivity contribution in [1.82, 2.24) is 5.32 Å². The number of amides is 1. The quantitative estimate of drug-likeness (QED) is 0.452. The van der Waals surface area contributed by atoms with Crippen molar-refractivity contribution < 1.29 is 9.53 Å². The summed E-state index contributed by atoms with van der Waals surface area (Å²) in [6.07, 6.45) is 1.67. The predicted octanol–water partition coefficient (Wildman–Crippen LogP) is -0.335. The van der Waals surface area contributed by atoms with Crippen molar-refractivity contribution in [3.63, 3.8) is 0 Å². The molecule has 0 bridgehead atoms. The fourth-order valence-electron chi connectivity index (χ4n) is 1.43. The lowest BCUT2D eigenvalue weighted by Crippen LogP contribution is -2.61. The molecule has 1 spiro atoms. The number of ether oxygens (including phenoxy) is 1. The van der Waals surface area contributed by atoms with Crippen LogP contribution >= 0.6 is 0 Å². The third-order valence-electron chi connectivity index (χ3n) is 2.01. The molecule has 0 saturated carbocycles. The van der Waals surface area contributed by atoms with Gasteiger partial charge in [-0.3, -0.25) is 4.79 Å². The minimum atomic E-state index is 0.0666. The zero-order valence-electron chi connectivity index (χ0n) is 5.14. The zero-order valence-corrected chi connectivity index (χ0v) is 5.14. The summed E-state index contributed by atoms with van der Waals surface area (Å²) in [7, 11) is 0. The first kappa shape index (κ1) is 5.23. The van der Waals surface area contributed by atoms with Gasteiger partial charge in [-0.15, -0.1) is 0 Å². The van der Waals surface area contributed by atoms with E-state index in [0.717, 1.165) is 19.6 Å². The van der Waals surface area contributed by atoms with Gasteiger partial charge in [0, 0.05) is 6.61 Å². The first-order valence-corrected chi connectivity index (χ1v) is 3.20. The molecule has 1 N–H and O–H groups in total. The summed E-state index contributed by atoms with van der Waals surface area (Å²) in [5.41, 5.74) is 0.0666. The molecule has 0 radical (unpaired) electrons. The highest BCUT2D eigenvalue weighted by molar-refractivity contribution is 5.84. The summed E-state index contributed by atoms with van der Waals surface area (Å²) in [5, 5.41) is 2.85. The Bertz CT molecular complexity index is 139. The molecule has 0 unspecified atom stereocenters. The maximum atomic E-state index is 10.5. The lowest BCUT2D eigenvalue weighted by Gasteiger charge is -2.37. The van der Waals surface area contributed by atoms with E-state index in [1.165, 1.54) is 0 Å². The van der Waals surface area contributed by atoms with E-state index in [4.69, 9.17) is 4.74 Å². The fourth-order valence-corrected chi connectivity index (χ4v) is 1.43. The summed E-state index contributed by atoms with van der Waals surface area (Å²) in [6, 6.07) is 0. The monoisotopic (exact) mass is 127 g/mol. The Labute approximate surface area is 53.4 Å². The van der Waals surface area contributed by atoms with Crippen molar-refractivity contribution in [2.45, 2.75) is 18.4 Å². The second-order valence-electron chi connectivity index (χ2n) is 2.81. The Balaban J connectivity index is 2.03. The molecule has 2 aliphatic rings. The summed E-state index contributed by atoms with van der Waals surface area (Å²) in [6.45, 7) is 1.53. The van der Waals surface area contributed by atoms with E-state index in [9.17, 15) is 4.79 Å². The van der Waals surface area contributed by atoms with Gasteiger partial charge in [0.15, 0.2) is 0 Å². The Morgan fingerprint density at radius 1 is 1.67 bits per heavy atom. The van der Waals surface area contributed by atoms with Gasteiger partial charge in [-0.1, -0.05) is 0 Å². The third kappa shape index (κ3) is 0.645. The minimum Gasteiger partial charge on any atom is -0.379 e. The normalized spacial score (nSPS) is 40.7. The SMILES string of the molecule is O=C1C[C@@]2(CCOC2)N1. The van der Waals surface area contributed by atoms with Crippen LogP contribution in [0.25, 0.3) is 0 Å². The molecule has 2 fully saturated rings. The largest absolute Gasteiger partial charge is 0.379 e. The number of β-lactam (4-membered cyclic amide) rings is 1. The van der Waals surface area contributed by atoms with E-state index >= 15 is 0 Å². The Kier molecular flexibility index (Phi) is 0.858. The molecule has 3 heteroatoms. The average molecular weight is 127 g/mol. The van der Waals surface area contributed by atoms with Crippen LogP contribution in [-0.2, 0) is 9.53 Å². The van der Waals surface area contributed by atoms with Crippen molar-refractivity contribution >= 4 is 5.91 Å². The lowest BCUT2D eigenvalue weighted by molar-refractivity contribution is -0.132. The number of nitrogens with one attached hydrogen (secondary N) is 1. The highest BCUT2D eigenvalue weighted by Crippen LogP contribution is 2.28. The summed E-state index contributed by atoms with van der Waals surface area (Å²) < 4.78 is 5.14. The van der Waals surface area contributed by atoms with Crippen LogP contribution in [0.15, 0.2) is 0 Å². The molecule has 2 saturated heterocycles. The second-order valence-corrected chi connectivity index (χ2v) is 2.81. The van der Waals surface area contributed by atoms with Gasteiger partial charge >= 0.3 is 0 Å². The second kappa shape index (κ2) is 1.48. The van der Waals surface area contributed by atoms with E-state index in [0.29, 0.717) is 6.42 Å². The molecule has 0 aromatic rings. The molecular formula is C6H9NO2. The smallest absolute Gasteiger partial charge is 0.222 e. The third-order valence-corrected chi connectivity index (χ3v) is 2.01. The molecule has 2 rings (SSSR count). The minimum absolute atomic E-state index is 0.0666. The molecule has 9 heavy (non-hydrogen) atoms. The summed E-state index contributed by atoms with van der Waals surface area (Å²) in [5.74, 6) is 0.167. The van der Waals surface area contributed by atoms with Crippen LogP contribution in [-0.4, -0.2) is 24.7 Å². The molecule has 0 aromatic carbocycles. The zero-order chi connectivity index (χ0) is 6.32. The highest BCUT2D eigenvalue weighted by Gasteiger charge is 2.45. The Morgan fingerprint density at radius 3 is 2.89 bits per heavy atom. The molecule has 2 aliphatic heterocycles. The van der Waals surface area contributed by atoms with Crippen molar-refractivity contribution in [3.05, 3.63) is 0 Å². The molecule has 1 atom stereocenters. The first-order chi connectivity index (χ1) is 4.31. The van der Waals surface area contributed by atoms with Gasteiger partial charge in [0.2, 0.25) is 5.91 Å². The lowest BCUT2D eigenvalue weighted by atomic mass is 9.87. The van der Waals surface area contributed by atoms with E-state index in [2.05, 4.69) is 5.32 Å². The maximum absolute atomic E-state index is 10.5. The predicted molar refractivity (Wildman–Crippen MR) is 30.9 cm³/mol. The molecule has 1 amide bonds. The van der Waals surface area contributed by atoms with Gasteiger partial charge in [0.05, 0.1) is 18.6 Å². The molecule has 2 heterocycles. The Morgan fingerprint density at radius 2 is 2.44 bits per heavy atom. The number of carbonyl (C=O) groups is 1. The van der Waals surface area contributed by atoms with Gasteiger partial charge in [0.1, 0.15) is 0 Å². The molecular weight excluding hydrogens is 118 g/mol. The van der Waals surface area contributed by atoms with Crippen LogP contribution in [0.1, 0.15) is 12.8 Å². The summed E-state index contributed by atoms with van der Waals surface area (Å²) in [4.78, 5) is 10.5. The van der Waals surface area contributed by atoms with Crippen molar-refractivity contribution in [1.29, 1.82) is 0 Å². The topological polar surface area (TPSA) is 38.3 Å². The summed E-state index contributed by atoms with van der Waals surface area (Å²) >= 11 is 0. The van der Waals surface area contributed by atoms with Crippen molar-refractivity contribution in [3.8, 4) is 0 Å². The van der Waals surface area contributed by atoms with Gasteiger partial charge in [-0.2, -0.15) is 0 Å². The average Bonchev–Trinajstić information content (AvgIpc) is 2.12. The van der Waals surface area contributed by atoms with Crippen molar-refractivity contribution in [2.75, 3.05) is 13.2 Å². The van der Waals surface area contributed by atoms with Crippen LogP contribution in [0.5, 0.6) is 0 Å². The molecule has 0 aromatic heterocycles. The highest BCUT2D eigenvalue weighted by atomic mass is 16.5. The van der Waals surface area contributed by atoms with E-state index < -0.39 is 0 Å². The van der Waals surface area contributed by atoms with Gasteiger partial charge < -0.3 is 10.1 Å². The van der Waals surface area contributed by atoms with E-state index in [1.54, 1.807) is 0 Å². The first-order valence-electron chi connectivity index (χ1n) is 3.20. The van der Waals surface area contributed by atoms with Crippen molar-refractivity contribution in [2.24, 2.45) is 0 Å². The fraction of sp³-hybridized carbons (Fsp3) is 0.833. The number of carbonyl (C=O) groups excluding carboxylic acids is 1. The standard InChI is InChI=1S/C6H9NO2/c8-5-3-6(7-5)1-2-9-4-6/h1-4H2,(H,7,8)/t6-/m1/s1. The van der Waals surface area contributed by atoms with Crippen LogP contribution in [0, 0.1) is 0 Å². The molecule has 3 nitrogen and oxygen atoms in total. The maximum Gasteiger partial charge on any atom is 0.222 e. The van der Waals surface area contributed by atoms with Gasteiger partial charge in [-0.05, 0) is 6.42 Å².